The van der Waals surface area contributed by atoms with Gasteiger partial charge in [-0.1, -0.05) is 11.6 Å². The van der Waals surface area contributed by atoms with Crippen molar-refractivity contribution in [2.75, 3.05) is 5.32 Å². The van der Waals surface area contributed by atoms with Gasteiger partial charge in [0.15, 0.2) is 0 Å². The minimum Gasteiger partial charge on any atom is -0.457 e. The molecule has 1 amide bonds. The van der Waals surface area contributed by atoms with Crippen LogP contribution >= 0.6 is 11.6 Å². The normalized spacial score (nSPS) is 10.8. The summed E-state index contributed by atoms with van der Waals surface area (Å²) < 4.78 is 31.7. The number of hydrogen-bond donors (Lipinski definition) is 1. The van der Waals surface area contributed by atoms with Crippen LogP contribution < -0.4 is 10.1 Å². The number of amides is 1. The van der Waals surface area contributed by atoms with E-state index in [-0.39, 0.29) is 21.8 Å². The molecular weight excluding hydrogens is 410 g/mol. The Morgan fingerprint density at radius 3 is 2.66 bits per heavy atom. The van der Waals surface area contributed by atoms with Crippen LogP contribution in [0.5, 0.6) is 11.5 Å². The molecule has 0 aliphatic heterocycles. The SMILES string of the molecule is Cc1cc(Oc2cc(NC(=O)c3ccnn3C(F)F)cc([N+](=O)[O-])c2)ccc1Cl. The van der Waals surface area contributed by atoms with Gasteiger partial charge >= 0.3 is 6.55 Å². The highest BCUT2D eigenvalue weighted by atomic mass is 35.5. The molecular formula is C18H13ClF2N4O4. The lowest BCUT2D eigenvalue weighted by atomic mass is 10.2. The third kappa shape index (κ3) is 4.66. The number of halogens is 3. The Morgan fingerprint density at radius 1 is 1.24 bits per heavy atom. The van der Waals surface area contributed by atoms with Gasteiger partial charge in [-0.2, -0.15) is 18.6 Å². The number of anilines is 1. The lowest BCUT2D eigenvalue weighted by molar-refractivity contribution is -0.384. The Hall–Kier alpha value is -3.53. The summed E-state index contributed by atoms with van der Waals surface area (Å²) in [6, 6.07) is 9.51. The number of carbonyl (C=O) groups is 1. The molecule has 2 aromatic carbocycles. The van der Waals surface area contributed by atoms with Crippen LogP contribution in [-0.4, -0.2) is 20.6 Å². The number of non-ortho nitro benzene ring substituents is 1. The minimum absolute atomic E-state index is 0.00750. The van der Waals surface area contributed by atoms with Crippen LogP contribution in [0.25, 0.3) is 0 Å². The number of nitrogens with one attached hydrogen (secondary N) is 1. The Kier molecular flexibility index (Phi) is 5.74. The number of hydrogen-bond acceptors (Lipinski definition) is 5. The monoisotopic (exact) mass is 422 g/mol. The number of aryl methyl sites for hydroxylation is 1. The molecule has 0 atom stereocenters. The number of aromatic nitrogens is 2. The molecule has 11 heteroatoms. The van der Waals surface area contributed by atoms with Crippen molar-refractivity contribution in [3.63, 3.8) is 0 Å². The van der Waals surface area contributed by atoms with Crippen LogP contribution in [0.2, 0.25) is 5.02 Å². The summed E-state index contributed by atoms with van der Waals surface area (Å²) in [4.78, 5) is 22.9. The smallest absolute Gasteiger partial charge is 0.333 e. The maximum Gasteiger partial charge on any atom is 0.333 e. The van der Waals surface area contributed by atoms with Gasteiger partial charge in [0, 0.05) is 23.4 Å². The third-order valence-electron chi connectivity index (χ3n) is 3.81. The fraction of sp³-hybridized carbons (Fsp3) is 0.111. The van der Waals surface area contributed by atoms with E-state index in [0.29, 0.717) is 10.8 Å². The zero-order valence-electron chi connectivity index (χ0n) is 14.8. The molecule has 1 heterocycles. The molecule has 0 saturated carbocycles. The molecule has 1 aromatic heterocycles. The first kappa shape index (κ1) is 20.2. The van der Waals surface area contributed by atoms with Crippen LogP contribution in [0.3, 0.4) is 0 Å². The fourth-order valence-electron chi connectivity index (χ4n) is 2.48. The largest absolute Gasteiger partial charge is 0.457 e. The van der Waals surface area contributed by atoms with E-state index in [1.165, 1.54) is 12.1 Å². The molecule has 3 aromatic rings. The molecule has 0 radical (unpaired) electrons. The van der Waals surface area contributed by atoms with Crippen molar-refractivity contribution >= 4 is 28.9 Å². The van der Waals surface area contributed by atoms with Crippen LogP contribution in [0.4, 0.5) is 20.2 Å². The topological polar surface area (TPSA) is 99.3 Å². The minimum atomic E-state index is -3.01. The number of nitrogens with zero attached hydrogens (tertiary/aromatic N) is 3. The Balaban J connectivity index is 1.90. The number of benzene rings is 2. The Bertz CT molecular complexity index is 1090. The van der Waals surface area contributed by atoms with Crippen LogP contribution in [0, 0.1) is 17.0 Å². The highest BCUT2D eigenvalue weighted by Gasteiger charge is 2.19. The van der Waals surface area contributed by atoms with Gasteiger partial charge in [0.1, 0.15) is 17.2 Å². The van der Waals surface area contributed by atoms with Crippen molar-refractivity contribution in [1.82, 2.24) is 9.78 Å². The van der Waals surface area contributed by atoms with Crippen molar-refractivity contribution in [2.45, 2.75) is 13.5 Å². The maximum absolute atomic E-state index is 12.9. The Labute approximate surface area is 167 Å². The van der Waals surface area contributed by atoms with Gasteiger partial charge in [0.05, 0.1) is 16.7 Å². The van der Waals surface area contributed by atoms with E-state index in [1.54, 1.807) is 25.1 Å². The van der Waals surface area contributed by atoms with Crippen molar-refractivity contribution in [3.05, 3.63) is 75.1 Å². The summed E-state index contributed by atoms with van der Waals surface area (Å²) in [5, 5.41) is 17.5. The summed E-state index contributed by atoms with van der Waals surface area (Å²) in [6.07, 6.45) is 1.05. The molecule has 0 unspecified atom stereocenters. The van der Waals surface area contributed by atoms with Crippen LogP contribution in [0.1, 0.15) is 22.6 Å². The molecule has 1 N–H and O–H groups in total. The van der Waals surface area contributed by atoms with Gasteiger partial charge in [-0.15, -0.1) is 0 Å². The molecule has 0 aliphatic carbocycles. The molecule has 3 rings (SSSR count). The number of nitro benzene ring substituents is 1. The van der Waals surface area contributed by atoms with Crippen molar-refractivity contribution in [3.8, 4) is 11.5 Å². The molecule has 29 heavy (non-hydrogen) atoms. The number of nitro groups is 1. The zero-order chi connectivity index (χ0) is 21.1. The second-order valence-electron chi connectivity index (χ2n) is 5.88. The standard InChI is InChI=1S/C18H13ClF2N4O4/c1-10-6-13(2-3-15(10)19)29-14-8-11(7-12(9-14)25(27)28)23-17(26)16-4-5-22-24(16)18(20)21/h2-9,18H,1H3,(H,23,26). The van der Waals surface area contributed by atoms with Crippen molar-refractivity contribution in [1.29, 1.82) is 0 Å². The molecule has 0 spiro atoms. The van der Waals surface area contributed by atoms with Crippen molar-refractivity contribution in [2.24, 2.45) is 0 Å². The number of alkyl halides is 2. The summed E-state index contributed by atoms with van der Waals surface area (Å²) in [5.41, 5.74) is -0.0246. The summed E-state index contributed by atoms with van der Waals surface area (Å²) in [5.74, 6) is -0.462. The molecule has 8 nitrogen and oxygen atoms in total. The first-order valence-corrected chi connectivity index (χ1v) is 8.49. The predicted molar refractivity (Wildman–Crippen MR) is 101 cm³/mol. The average molecular weight is 423 g/mol. The maximum atomic E-state index is 12.9. The second kappa shape index (κ2) is 8.23. The average Bonchev–Trinajstić information content (AvgIpc) is 3.15. The lowest BCUT2D eigenvalue weighted by Gasteiger charge is -2.11. The number of carbonyl (C=O) groups excluding carboxylic acids is 1. The van der Waals surface area contributed by atoms with E-state index >= 15 is 0 Å². The van der Waals surface area contributed by atoms with Gasteiger partial charge in [0.25, 0.3) is 11.6 Å². The van der Waals surface area contributed by atoms with E-state index in [2.05, 4.69) is 10.4 Å². The van der Waals surface area contributed by atoms with E-state index in [0.717, 1.165) is 23.9 Å². The Morgan fingerprint density at radius 2 is 2.00 bits per heavy atom. The molecule has 0 fully saturated rings. The van der Waals surface area contributed by atoms with Crippen LogP contribution in [0.15, 0.2) is 48.7 Å². The van der Waals surface area contributed by atoms with E-state index in [1.807, 2.05) is 0 Å². The summed E-state index contributed by atoms with van der Waals surface area (Å²) in [7, 11) is 0. The second-order valence-corrected chi connectivity index (χ2v) is 6.29. The summed E-state index contributed by atoms with van der Waals surface area (Å²) >= 11 is 5.96. The first-order valence-electron chi connectivity index (χ1n) is 8.11. The lowest BCUT2D eigenvalue weighted by Crippen LogP contribution is -2.18. The van der Waals surface area contributed by atoms with E-state index in [9.17, 15) is 23.7 Å². The molecule has 0 saturated heterocycles. The quantitative estimate of drug-likeness (QED) is 0.435. The zero-order valence-corrected chi connectivity index (χ0v) is 15.6. The molecule has 0 bridgehead atoms. The fourth-order valence-corrected chi connectivity index (χ4v) is 2.60. The highest BCUT2D eigenvalue weighted by molar-refractivity contribution is 6.31. The molecule has 150 valence electrons. The number of rotatable bonds is 6. The van der Waals surface area contributed by atoms with Gasteiger partial charge < -0.3 is 10.1 Å². The van der Waals surface area contributed by atoms with Crippen LogP contribution in [-0.2, 0) is 0 Å². The first-order chi connectivity index (χ1) is 13.7. The van der Waals surface area contributed by atoms with E-state index in [4.69, 9.17) is 16.3 Å². The van der Waals surface area contributed by atoms with Gasteiger partial charge in [-0.05, 0) is 36.8 Å². The van der Waals surface area contributed by atoms with Crippen molar-refractivity contribution < 1.29 is 23.2 Å². The van der Waals surface area contributed by atoms with Gasteiger partial charge in [-0.3, -0.25) is 14.9 Å². The third-order valence-corrected chi connectivity index (χ3v) is 4.24. The number of ether oxygens (including phenoxy) is 1. The van der Waals surface area contributed by atoms with E-state index < -0.39 is 23.1 Å². The predicted octanol–water partition coefficient (Wildman–Crippen LogP) is 5.19. The van der Waals surface area contributed by atoms with Gasteiger partial charge in [0.2, 0.25) is 0 Å². The van der Waals surface area contributed by atoms with Gasteiger partial charge in [-0.25, -0.2) is 0 Å². The summed E-state index contributed by atoms with van der Waals surface area (Å²) in [6.45, 7) is -1.25. The highest BCUT2D eigenvalue weighted by Crippen LogP contribution is 2.31. The molecule has 0 aliphatic rings.